The molecule has 0 aliphatic rings. The van der Waals surface area contributed by atoms with Crippen molar-refractivity contribution in [1.29, 1.82) is 0 Å². The van der Waals surface area contributed by atoms with Gasteiger partial charge in [0.1, 0.15) is 5.82 Å². The minimum atomic E-state index is -0.126. The van der Waals surface area contributed by atoms with Crippen LogP contribution in [0.5, 0.6) is 0 Å². The molecular formula is C24H19N5OS. The van der Waals surface area contributed by atoms with Crippen molar-refractivity contribution in [2.24, 2.45) is 0 Å². The second-order valence-electron chi connectivity index (χ2n) is 7.12. The highest BCUT2D eigenvalue weighted by molar-refractivity contribution is 7.98. The van der Waals surface area contributed by atoms with Crippen LogP contribution in [0.4, 0.5) is 0 Å². The fraction of sp³-hybridized carbons (Fsp3) is 0.0833. The molecule has 0 aliphatic carbocycles. The molecule has 6 nitrogen and oxygen atoms in total. The van der Waals surface area contributed by atoms with Crippen LogP contribution >= 0.6 is 11.8 Å². The molecule has 0 fully saturated rings. The van der Waals surface area contributed by atoms with Crippen LogP contribution in [0.3, 0.4) is 0 Å². The van der Waals surface area contributed by atoms with Crippen molar-refractivity contribution in [1.82, 2.24) is 24.7 Å². The van der Waals surface area contributed by atoms with Crippen molar-refractivity contribution in [2.75, 3.05) is 0 Å². The minimum Gasteiger partial charge on any atom is -0.309 e. The number of fused-ring (bicyclic) bond motifs is 1. The van der Waals surface area contributed by atoms with Gasteiger partial charge in [-0.2, -0.15) is 0 Å². The van der Waals surface area contributed by atoms with E-state index in [9.17, 15) is 4.79 Å². The van der Waals surface area contributed by atoms with Crippen molar-refractivity contribution in [2.45, 2.75) is 17.8 Å². The Hall–Kier alpha value is -3.71. The fourth-order valence-electron chi connectivity index (χ4n) is 3.50. The molecule has 0 bridgehead atoms. The van der Waals surface area contributed by atoms with E-state index in [1.807, 2.05) is 84.3 Å². The number of aromatic nitrogens is 5. The van der Waals surface area contributed by atoms with Crippen molar-refractivity contribution in [3.8, 4) is 17.1 Å². The Morgan fingerprint density at radius 3 is 2.42 bits per heavy atom. The quantitative estimate of drug-likeness (QED) is 0.411. The Bertz CT molecular complexity index is 1410. The van der Waals surface area contributed by atoms with Gasteiger partial charge in [-0.3, -0.25) is 9.36 Å². The van der Waals surface area contributed by atoms with Gasteiger partial charge in [0.05, 0.1) is 16.7 Å². The number of hydrogen-bond donors (Lipinski definition) is 1. The Balaban J connectivity index is 1.53. The van der Waals surface area contributed by atoms with Crippen LogP contribution in [0.1, 0.15) is 11.4 Å². The number of rotatable bonds is 5. The Morgan fingerprint density at radius 2 is 1.65 bits per heavy atom. The van der Waals surface area contributed by atoms with Crippen LogP contribution in [0.2, 0.25) is 0 Å². The van der Waals surface area contributed by atoms with Crippen LogP contribution in [-0.2, 0) is 5.75 Å². The second kappa shape index (κ2) is 8.20. The van der Waals surface area contributed by atoms with Crippen molar-refractivity contribution in [3.05, 3.63) is 101 Å². The lowest BCUT2D eigenvalue weighted by Crippen LogP contribution is -2.12. The first-order valence-electron chi connectivity index (χ1n) is 9.88. The highest BCUT2D eigenvalue weighted by Crippen LogP contribution is 2.29. The molecule has 0 unspecified atom stereocenters. The molecule has 152 valence electrons. The Kier molecular flexibility index (Phi) is 5.09. The van der Waals surface area contributed by atoms with E-state index in [4.69, 9.17) is 0 Å². The van der Waals surface area contributed by atoms with E-state index in [0.29, 0.717) is 17.0 Å². The van der Waals surface area contributed by atoms with Gasteiger partial charge in [0, 0.05) is 11.3 Å². The standard InChI is InChI=1S/C24H19N5OS/c1-16-9-8-14-19-21(16)25-20(26-23(19)30)15-31-24-28-27-22(17-10-4-2-5-11-17)29(24)18-12-6-3-7-13-18/h2-14H,15H2,1H3,(H,25,26,30). The summed E-state index contributed by atoms with van der Waals surface area (Å²) in [5, 5.41) is 10.2. The number of H-pyrrole nitrogens is 1. The lowest BCUT2D eigenvalue weighted by atomic mass is 10.1. The fourth-order valence-corrected chi connectivity index (χ4v) is 4.32. The van der Waals surface area contributed by atoms with Gasteiger partial charge in [-0.1, -0.05) is 72.4 Å². The molecule has 0 saturated heterocycles. The number of aryl methyl sites for hydroxylation is 1. The van der Waals surface area contributed by atoms with E-state index >= 15 is 0 Å². The SMILES string of the molecule is Cc1cccc2c(=O)[nH]c(CSc3nnc(-c4ccccc4)n3-c3ccccc3)nc12. The van der Waals surface area contributed by atoms with Gasteiger partial charge in [0.2, 0.25) is 0 Å². The topological polar surface area (TPSA) is 76.5 Å². The number of nitrogens with zero attached hydrogens (tertiary/aromatic N) is 4. The number of benzene rings is 3. The number of thioether (sulfide) groups is 1. The first kappa shape index (κ1) is 19.3. The Labute approximate surface area is 183 Å². The summed E-state index contributed by atoms with van der Waals surface area (Å²) in [6, 6.07) is 25.6. The van der Waals surface area contributed by atoms with Gasteiger partial charge in [-0.25, -0.2) is 4.98 Å². The third kappa shape index (κ3) is 3.75. The van der Waals surface area contributed by atoms with Crippen LogP contribution in [0.15, 0.2) is 88.8 Å². The van der Waals surface area contributed by atoms with E-state index < -0.39 is 0 Å². The summed E-state index contributed by atoms with van der Waals surface area (Å²) < 4.78 is 2.03. The maximum Gasteiger partial charge on any atom is 0.258 e. The van der Waals surface area contributed by atoms with Gasteiger partial charge in [-0.05, 0) is 30.7 Å². The van der Waals surface area contributed by atoms with Crippen molar-refractivity contribution < 1.29 is 0 Å². The molecule has 2 heterocycles. The largest absolute Gasteiger partial charge is 0.309 e. The van der Waals surface area contributed by atoms with E-state index in [1.165, 1.54) is 11.8 Å². The van der Waals surface area contributed by atoms with Crippen molar-refractivity contribution >= 4 is 22.7 Å². The number of para-hydroxylation sites is 2. The molecule has 1 N–H and O–H groups in total. The van der Waals surface area contributed by atoms with E-state index in [0.717, 1.165) is 33.3 Å². The smallest absolute Gasteiger partial charge is 0.258 e. The normalized spacial score (nSPS) is 11.1. The minimum absolute atomic E-state index is 0.126. The van der Waals surface area contributed by atoms with Crippen molar-refractivity contribution in [3.63, 3.8) is 0 Å². The third-order valence-electron chi connectivity index (χ3n) is 5.00. The maximum atomic E-state index is 12.5. The molecule has 0 atom stereocenters. The molecule has 3 aromatic carbocycles. The molecule has 0 radical (unpaired) electrons. The zero-order chi connectivity index (χ0) is 21.2. The number of hydrogen-bond acceptors (Lipinski definition) is 5. The summed E-state index contributed by atoms with van der Waals surface area (Å²) in [6.45, 7) is 1.96. The highest BCUT2D eigenvalue weighted by Gasteiger charge is 2.16. The molecule has 0 amide bonds. The lowest BCUT2D eigenvalue weighted by Gasteiger charge is -2.10. The molecule has 31 heavy (non-hydrogen) atoms. The third-order valence-corrected chi connectivity index (χ3v) is 5.94. The number of nitrogens with one attached hydrogen (secondary N) is 1. The van der Waals surface area contributed by atoms with Gasteiger partial charge in [0.25, 0.3) is 5.56 Å². The maximum absolute atomic E-state index is 12.5. The predicted octanol–water partition coefficient (Wildman–Crippen LogP) is 4.77. The zero-order valence-electron chi connectivity index (χ0n) is 16.8. The van der Waals surface area contributed by atoms with Gasteiger partial charge < -0.3 is 4.98 Å². The highest BCUT2D eigenvalue weighted by atomic mass is 32.2. The first-order chi connectivity index (χ1) is 15.2. The van der Waals surface area contributed by atoms with Crippen LogP contribution < -0.4 is 5.56 Å². The molecule has 0 spiro atoms. The summed E-state index contributed by atoms with van der Waals surface area (Å²) in [5.41, 5.74) is 3.55. The average Bonchev–Trinajstić information content (AvgIpc) is 3.24. The number of aromatic amines is 1. The summed E-state index contributed by atoms with van der Waals surface area (Å²) >= 11 is 1.49. The second-order valence-corrected chi connectivity index (χ2v) is 8.06. The molecule has 5 rings (SSSR count). The van der Waals surface area contributed by atoms with Crippen LogP contribution in [-0.4, -0.2) is 24.7 Å². The first-order valence-corrected chi connectivity index (χ1v) is 10.9. The summed E-state index contributed by atoms with van der Waals surface area (Å²) in [5.74, 6) is 1.85. The zero-order valence-corrected chi connectivity index (χ0v) is 17.6. The monoisotopic (exact) mass is 425 g/mol. The molecule has 2 aromatic heterocycles. The molecule has 7 heteroatoms. The predicted molar refractivity (Wildman–Crippen MR) is 123 cm³/mol. The van der Waals surface area contributed by atoms with Gasteiger partial charge in [0.15, 0.2) is 11.0 Å². The van der Waals surface area contributed by atoms with E-state index in [1.54, 1.807) is 6.07 Å². The summed E-state index contributed by atoms with van der Waals surface area (Å²) in [7, 11) is 0. The van der Waals surface area contributed by atoms with Gasteiger partial charge >= 0.3 is 0 Å². The summed E-state index contributed by atoms with van der Waals surface area (Å²) in [4.78, 5) is 20.1. The Morgan fingerprint density at radius 1 is 0.903 bits per heavy atom. The molecule has 0 aliphatic heterocycles. The average molecular weight is 426 g/mol. The van der Waals surface area contributed by atoms with Gasteiger partial charge in [-0.15, -0.1) is 10.2 Å². The van der Waals surface area contributed by atoms with E-state index in [-0.39, 0.29) is 5.56 Å². The van der Waals surface area contributed by atoms with Crippen LogP contribution in [0.25, 0.3) is 28.0 Å². The molecular weight excluding hydrogens is 406 g/mol. The molecule has 5 aromatic rings. The van der Waals surface area contributed by atoms with Crippen LogP contribution in [0, 0.1) is 6.92 Å². The molecule has 0 saturated carbocycles. The lowest BCUT2D eigenvalue weighted by molar-refractivity contribution is 0.883. The van der Waals surface area contributed by atoms with E-state index in [2.05, 4.69) is 20.2 Å². The summed E-state index contributed by atoms with van der Waals surface area (Å²) in [6.07, 6.45) is 0.